The first-order valence-corrected chi connectivity index (χ1v) is 14.3. The van der Waals surface area contributed by atoms with E-state index in [-0.39, 0.29) is 15.6 Å². The summed E-state index contributed by atoms with van der Waals surface area (Å²) in [5.74, 6) is -1.25. The fourth-order valence-electron chi connectivity index (χ4n) is 4.10. The molecule has 1 unspecified atom stereocenters. The van der Waals surface area contributed by atoms with E-state index < -0.39 is 39.4 Å². The van der Waals surface area contributed by atoms with Crippen molar-refractivity contribution in [3.63, 3.8) is 0 Å². The lowest BCUT2D eigenvalue weighted by Gasteiger charge is -2.17. The fourth-order valence-corrected chi connectivity index (χ4v) is 6.43. The summed E-state index contributed by atoms with van der Waals surface area (Å²) in [6, 6.07) is 7.49. The highest BCUT2D eigenvalue weighted by Crippen LogP contribution is 2.29. The van der Waals surface area contributed by atoms with Crippen LogP contribution in [0.2, 0.25) is 10.0 Å². The number of hydrogen-bond acceptors (Lipinski definition) is 8. The average Bonchev–Trinajstić information content (AvgIpc) is 3.51. The monoisotopic (exact) mass is 595 g/mol. The molecule has 5 N–H and O–H groups in total. The lowest BCUT2D eigenvalue weighted by molar-refractivity contribution is -0.138. The second-order valence-electron chi connectivity index (χ2n) is 8.76. The number of aliphatic imine (C=N–C) groups is 1. The van der Waals surface area contributed by atoms with Gasteiger partial charge >= 0.3 is 5.97 Å². The van der Waals surface area contributed by atoms with Crippen LogP contribution in [0.5, 0.6) is 0 Å². The zero-order valence-electron chi connectivity index (χ0n) is 20.9. The van der Waals surface area contributed by atoms with E-state index in [9.17, 15) is 23.1 Å². The summed E-state index contributed by atoms with van der Waals surface area (Å²) >= 11 is 11.9. The minimum Gasteiger partial charge on any atom is -0.480 e. The number of carboxylic acids is 1. The van der Waals surface area contributed by atoms with Gasteiger partial charge in [0.2, 0.25) is 10.0 Å². The Morgan fingerprint density at radius 3 is 2.62 bits per heavy atom. The minimum atomic E-state index is -4.40. The van der Waals surface area contributed by atoms with Crippen LogP contribution in [0.1, 0.15) is 22.5 Å². The summed E-state index contributed by atoms with van der Waals surface area (Å²) in [4.78, 5) is 28.5. The van der Waals surface area contributed by atoms with Gasteiger partial charge in [-0.05, 0) is 37.1 Å². The Balaban J connectivity index is 1.40. The van der Waals surface area contributed by atoms with Gasteiger partial charge in [0.15, 0.2) is 5.96 Å². The molecule has 1 aromatic heterocycles. The molecule has 15 heteroatoms. The molecule has 0 fully saturated rings. The zero-order valence-corrected chi connectivity index (χ0v) is 23.2. The Morgan fingerprint density at radius 2 is 1.95 bits per heavy atom. The Hall–Kier alpha value is -3.39. The summed E-state index contributed by atoms with van der Waals surface area (Å²) in [5, 5.41) is 23.6. The van der Waals surface area contributed by atoms with E-state index >= 15 is 0 Å². The van der Waals surface area contributed by atoms with Gasteiger partial charge in [-0.3, -0.25) is 19.3 Å². The van der Waals surface area contributed by atoms with E-state index in [0.717, 1.165) is 55.0 Å². The van der Waals surface area contributed by atoms with Gasteiger partial charge < -0.3 is 21.1 Å². The second-order valence-corrected chi connectivity index (χ2v) is 11.2. The number of carbonyl (C=O) groups excluding carboxylic acids is 1. The van der Waals surface area contributed by atoms with Crippen molar-refractivity contribution in [3.8, 4) is 0 Å². The number of carbonyl (C=O) groups is 2. The van der Waals surface area contributed by atoms with E-state index in [0.29, 0.717) is 0 Å². The lowest BCUT2D eigenvalue weighted by Crippen LogP contribution is -2.48. The fraction of sp³-hybridized carbons (Fsp3) is 0.333. The molecule has 0 saturated heterocycles. The molecule has 0 bridgehead atoms. The van der Waals surface area contributed by atoms with Crippen molar-refractivity contribution in [2.75, 3.05) is 26.2 Å². The number of halogens is 2. The number of aryl methyl sites for hydroxylation is 2. The Morgan fingerprint density at radius 1 is 1.21 bits per heavy atom. The SMILES string of the molecule is Cn1nc(CCCNC2=NCCN2)c2ccc(C(=O)NCC(NS(=O)(=O)c3c(Cl)cccc3Cl)C(=O)O)cc21. The molecule has 0 saturated carbocycles. The van der Waals surface area contributed by atoms with Crippen LogP contribution < -0.4 is 20.7 Å². The maximum Gasteiger partial charge on any atom is 0.323 e. The van der Waals surface area contributed by atoms with Gasteiger partial charge in [0.25, 0.3) is 5.91 Å². The van der Waals surface area contributed by atoms with Crippen molar-refractivity contribution >= 4 is 62.0 Å². The van der Waals surface area contributed by atoms with Gasteiger partial charge in [-0.1, -0.05) is 35.3 Å². The molecule has 208 valence electrons. The molecule has 1 aliphatic rings. The Kier molecular flexibility index (Phi) is 8.95. The average molecular weight is 596 g/mol. The van der Waals surface area contributed by atoms with Gasteiger partial charge in [-0.15, -0.1) is 0 Å². The molecule has 4 rings (SSSR count). The molecule has 2 aromatic carbocycles. The third kappa shape index (κ3) is 6.79. The predicted molar refractivity (Wildman–Crippen MR) is 148 cm³/mol. The number of rotatable bonds is 11. The summed E-state index contributed by atoms with van der Waals surface area (Å²) in [5.41, 5.74) is 1.89. The number of nitrogens with zero attached hydrogens (tertiary/aromatic N) is 3. The second kappa shape index (κ2) is 12.2. The molecular formula is C24H27Cl2N7O5S. The molecule has 39 heavy (non-hydrogen) atoms. The van der Waals surface area contributed by atoms with Gasteiger partial charge in [-0.25, -0.2) is 8.42 Å². The largest absolute Gasteiger partial charge is 0.480 e. The molecule has 0 radical (unpaired) electrons. The predicted octanol–water partition coefficient (Wildman–Crippen LogP) is 1.52. The number of carboxylic acid groups (broad SMARTS) is 1. The summed E-state index contributed by atoms with van der Waals surface area (Å²) < 4.78 is 29.3. The maximum atomic E-state index is 12.8. The number of benzene rings is 2. The summed E-state index contributed by atoms with van der Waals surface area (Å²) in [7, 11) is -2.62. The maximum absolute atomic E-state index is 12.8. The number of fused-ring (bicyclic) bond motifs is 1. The third-order valence-electron chi connectivity index (χ3n) is 6.00. The molecule has 2 heterocycles. The van der Waals surface area contributed by atoms with Crippen LogP contribution in [-0.2, 0) is 28.3 Å². The number of aromatic nitrogens is 2. The summed E-state index contributed by atoms with van der Waals surface area (Å²) in [6.45, 7) is 1.83. The number of guanidine groups is 1. The van der Waals surface area contributed by atoms with Gasteiger partial charge in [0, 0.05) is 37.6 Å². The van der Waals surface area contributed by atoms with E-state index in [1.807, 2.05) is 4.72 Å². The third-order valence-corrected chi connectivity index (χ3v) is 8.42. The van der Waals surface area contributed by atoms with Gasteiger partial charge in [-0.2, -0.15) is 9.82 Å². The van der Waals surface area contributed by atoms with Crippen LogP contribution in [0.4, 0.5) is 0 Å². The first kappa shape index (κ1) is 28.6. The van der Waals surface area contributed by atoms with Gasteiger partial charge in [0.1, 0.15) is 10.9 Å². The van der Waals surface area contributed by atoms with Crippen LogP contribution in [0.3, 0.4) is 0 Å². The van der Waals surface area contributed by atoms with E-state index in [4.69, 9.17) is 23.2 Å². The molecular weight excluding hydrogens is 569 g/mol. The number of aliphatic carboxylic acids is 1. The smallest absolute Gasteiger partial charge is 0.323 e. The lowest BCUT2D eigenvalue weighted by atomic mass is 10.1. The quantitative estimate of drug-likeness (QED) is 0.208. The van der Waals surface area contributed by atoms with E-state index in [2.05, 4.69) is 26.0 Å². The number of sulfonamides is 1. The van der Waals surface area contributed by atoms with Crippen molar-refractivity contribution in [1.82, 2.24) is 30.5 Å². The molecule has 1 aliphatic heterocycles. The van der Waals surface area contributed by atoms with Crippen LogP contribution in [0.25, 0.3) is 10.9 Å². The van der Waals surface area contributed by atoms with Crippen molar-refractivity contribution in [2.45, 2.75) is 23.8 Å². The Bertz CT molecular complexity index is 1520. The van der Waals surface area contributed by atoms with E-state index in [1.54, 1.807) is 29.9 Å². The minimum absolute atomic E-state index is 0.163. The highest BCUT2D eigenvalue weighted by atomic mass is 35.5. The number of hydrogen-bond donors (Lipinski definition) is 5. The highest BCUT2D eigenvalue weighted by Gasteiger charge is 2.29. The first-order valence-electron chi connectivity index (χ1n) is 12.0. The first-order chi connectivity index (χ1) is 18.6. The highest BCUT2D eigenvalue weighted by molar-refractivity contribution is 7.89. The standard InChI is InChI=1S/C24H27Cl2N7O5S/c1-33-20-12-14(7-8-15(20)18(31-33)6-3-9-27-24-28-10-11-29-24)22(34)30-13-19(23(35)36)32-39(37,38)21-16(25)4-2-5-17(21)26/h2,4-5,7-8,12,19,32H,3,6,9-11,13H2,1H3,(H,30,34)(H,35,36)(H2,27,28,29). The van der Waals surface area contributed by atoms with Crippen LogP contribution in [0.15, 0.2) is 46.3 Å². The van der Waals surface area contributed by atoms with E-state index in [1.165, 1.54) is 18.2 Å². The van der Waals surface area contributed by atoms with Crippen molar-refractivity contribution < 1.29 is 23.1 Å². The van der Waals surface area contributed by atoms with Crippen molar-refractivity contribution in [1.29, 1.82) is 0 Å². The van der Waals surface area contributed by atoms with Crippen LogP contribution in [-0.4, -0.2) is 73.4 Å². The topological polar surface area (TPSA) is 167 Å². The number of nitrogens with one attached hydrogen (secondary N) is 4. The number of amides is 1. The Labute approximate surface area is 234 Å². The normalized spacial score (nSPS) is 14.1. The molecule has 0 aliphatic carbocycles. The van der Waals surface area contributed by atoms with Crippen molar-refractivity contribution in [2.24, 2.45) is 12.0 Å². The van der Waals surface area contributed by atoms with Crippen molar-refractivity contribution in [3.05, 3.63) is 57.7 Å². The van der Waals surface area contributed by atoms with Gasteiger partial charge in [0.05, 0.1) is 27.8 Å². The van der Waals surface area contributed by atoms with Crippen LogP contribution in [0, 0.1) is 0 Å². The zero-order chi connectivity index (χ0) is 28.2. The van der Waals surface area contributed by atoms with Crippen LogP contribution >= 0.6 is 23.2 Å². The molecule has 1 amide bonds. The molecule has 0 spiro atoms. The molecule has 1 atom stereocenters. The molecule has 12 nitrogen and oxygen atoms in total. The molecule has 3 aromatic rings. The summed E-state index contributed by atoms with van der Waals surface area (Å²) in [6.07, 6.45) is 1.56.